The molecule has 164 valence electrons. The molecule has 0 aliphatic heterocycles. The first-order chi connectivity index (χ1) is 15.3. The van der Waals surface area contributed by atoms with Gasteiger partial charge in [0.05, 0.1) is 15.5 Å². The van der Waals surface area contributed by atoms with E-state index >= 15 is 0 Å². The Bertz CT molecular complexity index is 1420. The second-order valence-corrected chi connectivity index (χ2v) is 9.64. The van der Waals surface area contributed by atoms with Crippen LogP contribution >= 0.6 is 23.2 Å². The molecule has 1 unspecified atom stereocenters. The number of fused-ring (bicyclic) bond motifs is 1. The monoisotopic (exact) mass is 487 g/mol. The molecule has 0 spiro atoms. The summed E-state index contributed by atoms with van der Waals surface area (Å²) in [7, 11) is -3.98. The van der Waals surface area contributed by atoms with E-state index in [1.807, 2.05) is 48.7 Å². The van der Waals surface area contributed by atoms with Crippen molar-refractivity contribution in [2.75, 3.05) is 6.54 Å². The van der Waals surface area contributed by atoms with Crippen molar-refractivity contribution in [1.82, 2.24) is 10.3 Å². The number of nitrogens with one attached hydrogen (secondary N) is 2. The topological polar surface area (TPSA) is 105 Å². The standard InChI is InChI=1S/C23H19Cl2N3O3S/c24-20-7-3-1-5-15(20)18(19-12-27-22-8-4-2-6-16(19)22)13-28-23(29)17-11-14(32(26,30)31)9-10-21(17)25/h1-12,18,27H,13H2,(H,28,29)(H2,26,30,31). The molecule has 4 rings (SSSR count). The second kappa shape index (κ2) is 8.96. The predicted molar refractivity (Wildman–Crippen MR) is 127 cm³/mol. The number of hydrogen-bond acceptors (Lipinski definition) is 3. The van der Waals surface area contributed by atoms with Crippen LogP contribution in [-0.4, -0.2) is 25.9 Å². The van der Waals surface area contributed by atoms with Gasteiger partial charge in [0.25, 0.3) is 5.91 Å². The highest BCUT2D eigenvalue weighted by Gasteiger charge is 2.22. The van der Waals surface area contributed by atoms with Crippen molar-refractivity contribution in [2.24, 2.45) is 5.14 Å². The van der Waals surface area contributed by atoms with E-state index < -0.39 is 15.9 Å². The normalized spacial score (nSPS) is 12.6. The van der Waals surface area contributed by atoms with Crippen LogP contribution in [0.4, 0.5) is 0 Å². The first kappa shape index (κ1) is 22.4. The number of primary sulfonamides is 1. The van der Waals surface area contributed by atoms with E-state index in [0.29, 0.717) is 5.02 Å². The number of benzene rings is 3. The third kappa shape index (κ3) is 4.52. The van der Waals surface area contributed by atoms with Crippen molar-refractivity contribution in [2.45, 2.75) is 10.8 Å². The zero-order valence-corrected chi connectivity index (χ0v) is 19.0. The average molecular weight is 488 g/mol. The summed E-state index contributed by atoms with van der Waals surface area (Å²) in [5.74, 6) is -0.776. The number of carbonyl (C=O) groups excluding carboxylic acids is 1. The molecule has 0 radical (unpaired) electrons. The van der Waals surface area contributed by atoms with Gasteiger partial charge in [-0.3, -0.25) is 4.79 Å². The van der Waals surface area contributed by atoms with Gasteiger partial charge in [0.1, 0.15) is 0 Å². The number of rotatable bonds is 6. The van der Waals surface area contributed by atoms with Crippen LogP contribution in [0.1, 0.15) is 27.4 Å². The summed E-state index contributed by atoms with van der Waals surface area (Å²) in [6, 6.07) is 19.1. The number of hydrogen-bond donors (Lipinski definition) is 3. The highest BCUT2D eigenvalue weighted by Crippen LogP contribution is 2.34. The first-order valence-corrected chi connectivity index (χ1v) is 12.0. The summed E-state index contributed by atoms with van der Waals surface area (Å²) < 4.78 is 23.3. The lowest BCUT2D eigenvalue weighted by atomic mass is 9.90. The fraction of sp³-hybridized carbons (Fsp3) is 0.0870. The van der Waals surface area contributed by atoms with Crippen LogP contribution in [0.2, 0.25) is 10.0 Å². The minimum atomic E-state index is -3.98. The Balaban J connectivity index is 1.69. The van der Waals surface area contributed by atoms with Gasteiger partial charge < -0.3 is 10.3 Å². The summed E-state index contributed by atoms with van der Waals surface area (Å²) in [4.78, 5) is 16.0. The minimum absolute atomic E-state index is 0.0232. The maximum Gasteiger partial charge on any atom is 0.252 e. The number of nitrogens with two attached hydrogens (primary N) is 1. The maximum atomic E-state index is 12.9. The maximum absolute atomic E-state index is 12.9. The van der Waals surface area contributed by atoms with Gasteiger partial charge in [0, 0.05) is 34.6 Å². The number of aromatic nitrogens is 1. The quantitative estimate of drug-likeness (QED) is 0.367. The van der Waals surface area contributed by atoms with Gasteiger partial charge in [0.15, 0.2) is 0 Å². The smallest absolute Gasteiger partial charge is 0.252 e. The van der Waals surface area contributed by atoms with Crippen LogP contribution < -0.4 is 10.5 Å². The van der Waals surface area contributed by atoms with Crippen LogP contribution in [0.15, 0.2) is 77.8 Å². The number of aromatic amines is 1. The zero-order valence-electron chi connectivity index (χ0n) is 16.7. The number of sulfonamides is 1. The first-order valence-electron chi connectivity index (χ1n) is 9.66. The molecular formula is C23H19Cl2N3O3S. The molecule has 1 heterocycles. The molecule has 0 aliphatic rings. The van der Waals surface area contributed by atoms with E-state index in [1.165, 1.54) is 18.2 Å². The summed E-state index contributed by atoms with van der Waals surface area (Å²) in [5, 5.41) is 9.76. The molecule has 0 saturated carbocycles. The van der Waals surface area contributed by atoms with Crippen LogP contribution in [0.25, 0.3) is 10.9 Å². The Morgan fingerprint density at radius 3 is 2.44 bits per heavy atom. The van der Waals surface area contributed by atoms with Gasteiger partial charge >= 0.3 is 0 Å². The SMILES string of the molecule is NS(=O)(=O)c1ccc(Cl)c(C(=O)NCC(c2ccccc2Cl)c2c[nH]c3ccccc23)c1. The van der Waals surface area contributed by atoms with Gasteiger partial charge in [-0.25, -0.2) is 13.6 Å². The van der Waals surface area contributed by atoms with Gasteiger partial charge in [0.2, 0.25) is 10.0 Å². The van der Waals surface area contributed by atoms with E-state index in [-0.39, 0.29) is 27.9 Å². The molecule has 9 heteroatoms. The van der Waals surface area contributed by atoms with E-state index in [9.17, 15) is 13.2 Å². The summed E-state index contributed by atoms with van der Waals surface area (Å²) >= 11 is 12.6. The fourth-order valence-corrected chi connectivity index (χ4v) is 4.68. The lowest BCUT2D eigenvalue weighted by molar-refractivity contribution is 0.0952. The van der Waals surface area contributed by atoms with Crippen molar-refractivity contribution < 1.29 is 13.2 Å². The largest absolute Gasteiger partial charge is 0.361 e. The Labute approximate surface area is 195 Å². The minimum Gasteiger partial charge on any atom is -0.361 e. The van der Waals surface area contributed by atoms with Crippen molar-refractivity contribution >= 4 is 50.0 Å². The van der Waals surface area contributed by atoms with Crippen LogP contribution in [0.5, 0.6) is 0 Å². The van der Waals surface area contributed by atoms with E-state index in [2.05, 4.69) is 10.3 Å². The molecule has 0 saturated heterocycles. The molecule has 1 amide bonds. The Kier molecular flexibility index (Phi) is 6.26. The molecule has 1 atom stereocenters. The number of amides is 1. The van der Waals surface area contributed by atoms with Crippen LogP contribution in [-0.2, 0) is 10.0 Å². The van der Waals surface area contributed by atoms with E-state index in [0.717, 1.165) is 22.0 Å². The fourth-order valence-electron chi connectivity index (χ4n) is 3.67. The summed E-state index contributed by atoms with van der Waals surface area (Å²) in [5.41, 5.74) is 2.81. The molecule has 3 aromatic carbocycles. The molecule has 0 bridgehead atoms. The van der Waals surface area contributed by atoms with Gasteiger partial charge in [-0.05, 0) is 41.5 Å². The van der Waals surface area contributed by atoms with Crippen molar-refractivity contribution in [3.05, 3.63) is 99.7 Å². The van der Waals surface area contributed by atoms with Gasteiger partial charge in [-0.15, -0.1) is 0 Å². The van der Waals surface area contributed by atoms with Crippen molar-refractivity contribution in [1.29, 1.82) is 0 Å². The number of para-hydroxylation sites is 1. The molecule has 4 aromatic rings. The molecule has 4 N–H and O–H groups in total. The second-order valence-electron chi connectivity index (χ2n) is 7.26. The Morgan fingerprint density at radius 1 is 0.969 bits per heavy atom. The third-order valence-electron chi connectivity index (χ3n) is 5.26. The molecule has 0 fully saturated rings. The number of carbonyl (C=O) groups is 1. The highest BCUT2D eigenvalue weighted by atomic mass is 35.5. The summed E-state index contributed by atoms with van der Waals surface area (Å²) in [6.07, 6.45) is 1.90. The predicted octanol–water partition coefficient (Wildman–Crippen LogP) is 4.68. The Hall–Kier alpha value is -2.84. The van der Waals surface area contributed by atoms with Crippen molar-refractivity contribution in [3.8, 4) is 0 Å². The number of halogens is 2. The van der Waals surface area contributed by atoms with Crippen LogP contribution in [0, 0.1) is 0 Å². The van der Waals surface area contributed by atoms with Gasteiger partial charge in [-0.1, -0.05) is 59.6 Å². The number of H-pyrrole nitrogens is 1. The van der Waals surface area contributed by atoms with Crippen molar-refractivity contribution in [3.63, 3.8) is 0 Å². The molecular weight excluding hydrogens is 469 g/mol. The third-order valence-corrected chi connectivity index (χ3v) is 6.84. The van der Waals surface area contributed by atoms with Gasteiger partial charge in [-0.2, -0.15) is 0 Å². The Morgan fingerprint density at radius 2 is 1.69 bits per heavy atom. The highest BCUT2D eigenvalue weighted by molar-refractivity contribution is 7.89. The molecule has 0 aliphatic carbocycles. The summed E-state index contributed by atoms with van der Waals surface area (Å²) in [6.45, 7) is 0.209. The van der Waals surface area contributed by atoms with E-state index in [1.54, 1.807) is 6.07 Å². The molecule has 32 heavy (non-hydrogen) atoms. The molecule has 1 aromatic heterocycles. The lowest BCUT2D eigenvalue weighted by Crippen LogP contribution is -2.29. The van der Waals surface area contributed by atoms with E-state index in [4.69, 9.17) is 28.3 Å². The molecule has 6 nitrogen and oxygen atoms in total. The lowest BCUT2D eigenvalue weighted by Gasteiger charge is -2.20. The average Bonchev–Trinajstić information content (AvgIpc) is 3.18. The van der Waals surface area contributed by atoms with Crippen LogP contribution in [0.3, 0.4) is 0 Å². The zero-order chi connectivity index (χ0) is 22.9.